The number of ether oxygens (including phenoxy) is 1. The highest BCUT2D eigenvalue weighted by molar-refractivity contribution is 5.75. The molecule has 0 aromatic rings. The number of carbonyl (C=O) groups excluding carboxylic acids is 1. The van der Waals surface area contributed by atoms with Gasteiger partial charge in [0.05, 0.1) is 25.4 Å². The van der Waals surface area contributed by atoms with Crippen molar-refractivity contribution in [2.75, 3.05) is 32.9 Å². The molecule has 0 spiro atoms. The molecule has 1 rings (SSSR count). The van der Waals surface area contributed by atoms with E-state index in [9.17, 15) is 4.79 Å². The van der Waals surface area contributed by atoms with E-state index in [0.29, 0.717) is 26.3 Å². The highest BCUT2D eigenvalue weighted by Crippen LogP contribution is 2.03. The predicted molar refractivity (Wildman–Crippen MR) is 52.1 cm³/mol. The Hall–Kier alpha value is -0.810. The largest absolute Gasteiger partial charge is 0.394 e. The maximum absolute atomic E-state index is 11.6. The van der Waals surface area contributed by atoms with Crippen LogP contribution < -0.4 is 5.32 Å². The predicted octanol–water partition coefficient (Wildman–Crippen LogP) is -0.201. The first-order valence-electron chi connectivity index (χ1n) is 4.81. The van der Waals surface area contributed by atoms with E-state index in [0.717, 1.165) is 0 Å². The highest BCUT2D eigenvalue weighted by atomic mass is 16.5. The third-order valence-electron chi connectivity index (χ3n) is 2.14. The number of rotatable bonds is 2. The van der Waals surface area contributed by atoms with Crippen molar-refractivity contribution in [3.05, 3.63) is 0 Å². The van der Waals surface area contributed by atoms with Crippen LogP contribution in [-0.4, -0.2) is 54.5 Å². The molecule has 0 unspecified atom stereocenters. The number of nitrogens with one attached hydrogen (secondary N) is 1. The molecule has 2 amide bonds. The zero-order valence-electron chi connectivity index (χ0n) is 8.75. The second kappa shape index (κ2) is 4.61. The van der Waals surface area contributed by atoms with Gasteiger partial charge in [-0.15, -0.1) is 0 Å². The third kappa shape index (κ3) is 3.16. The van der Waals surface area contributed by atoms with Crippen LogP contribution in [0.5, 0.6) is 0 Å². The lowest BCUT2D eigenvalue weighted by Crippen LogP contribution is -2.54. The molecule has 5 heteroatoms. The fraction of sp³-hybridized carbons (Fsp3) is 0.889. The number of hydrogen-bond donors (Lipinski definition) is 2. The molecule has 0 aromatic heterocycles. The number of amides is 2. The summed E-state index contributed by atoms with van der Waals surface area (Å²) < 4.78 is 5.14. The second-order valence-electron chi connectivity index (χ2n) is 4.07. The molecule has 0 saturated carbocycles. The molecule has 0 aliphatic carbocycles. The van der Waals surface area contributed by atoms with Gasteiger partial charge in [-0.05, 0) is 13.8 Å². The highest BCUT2D eigenvalue weighted by Gasteiger charge is 2.23. The van der Waals surface area contributed by atoms with Crippen LogP contribution in [0.3, 0.4) is 0 Å². The summed E-state index contributed by atoms with van der Waals surface area (Å²) >= 11 is 0. The van der Waals surface area contributed by atoms with Crippen LogP contribution in [0.15, 0.2) is 0 Å². The number of carbonyl (C=O) groups is 1. The molecule has 1 saturated heterocycles. The second-order valence-corrected chi connectivity index (χ2v) is 4.07. The minimum atomic E-state index is -0.560. The molecular weight excluding hydrogens is 184 g/mol. The minimum absolute atomic E-state index is 0.0664. The molecule has 14 heavy (non-hydrogen) atoms. The van der Waals surface area contributed by atoms with Crippen LogP contribution in [0.25, 0.3) is 0 Å². The van der Waals surface area contributed by atoms with Gasteiger partial charge < -0.3 is 20.1 Å². The van der Waals surface area contributed by atoms with Gasteiger partial charge in [0.25, 0.3) is 0 Å². The van der Waals surface area contributed by atoms with Crippen molar-refractivity contribution in [1.82, 2.24) is 10.2 Å². The summed E-state index contributed by atoms with van der Waals surface area (Å²) in [4.78, 5) is 13.3. The first-order chi connectivity index (χ1) is 6.55. The van der Waals surface area contributed by atoms with Gasteiger partial charge in [-0.2, -0.15) is 0 Å². The smallest absolute Gasteiger partial charge is 0.318 e. The Kier molecular flexibility index (Phi) is 3.71. The number of hydrogen-bond acceptors (Lipinski definition) is 3. The van der Waals surface area contributed by atoms with Crippen LogP contribution in [0.2, 0.25) is 0 Å². The van der Waals surface area contributed by atoms with Gasteiger partial charge in [0.2, 0.25) is 0 Å². The standard InChI is InChI=1S/C9H18N2O3/c1-9(2,7-12)10-8(13)11-3-5-14-6-4-11/h12H,3-7H2,1-2H3,(H,10,13). The average molecular weight is 202 g/mol. The lowest BCUT2D eigenvalue weighted by Gasteiger charge is -2.31. The maximum Gasteiger partial charge on any atom is 0.318 e. The molecule has 0 aromatic carbocycles. The Labute approximate surface area is 84.0 Å². The number of aliphatic hydroxyl groups is 1. The number of nitrogens with zero attached hydrogens (tertiary/aromatic N) is 1. The molecule has 1 heterocycles. The first-order valence-corrected chi connectivity index (χ1v) is 4.81. The van der Waals surface area contributed by atoms with Gasteiger partial charge in [-0.25, -0.2) is 4.79 Å². The fourth-order valence-corrected chi connectivity index (χ4v) is 1.17. The Morgan fingerprint density at radius 1 is 1.50 bits per heavy atom. The van der Waals surface area contributed by atoms with Gasteiger partial charge in [-0.1, -0.05) is 0 Å². The first kappa shape index (κ1) is 11.3. The van der Waals surface area contributed by atoms with Crippen molar-refractivity contribution in [1.29, 1.82) is 0 Å². The SMILES string of the molecule is CC(C)(CO)NC(=O)N1CCOCC1. The summed E-state index contributed by atoms with van der Waals surface area (Å²) in [6.07, 6.45) is 0. The Bertz CT molecular complexity index is 200. The van der Waals surface area contributed by atoms with Crippen molar-refractivity contribution in [3.63, 3.8) is 0 Å². The number of morpholine rings is 1. The number of urea groups is 1. The lowest BCUT2D eigenvalue weighted by molar-refractivity contribution is 0.0500. The van der Waals surface area contributed by atoms with Crippen LogP contribution >= 0.6 is 0 Å². The molecule has 1 aliphatic heterocycles. The van der Waals surface area contributed by atoms with Crippen molar-refractivity contribution >= 4 is 6.03 Å². The van der Waals surface area contributed by atoms with Gasteiger partial charge in [0.15, 0.2) is 0 Å². The quantitative estimate of drug-likeness (QED) is 0.652. The van der Waals surface area contributed by atoms with Crippen LogP contribution in [0.1, 0.15) is 13.8 Å². The summed E-state index contributed by atoms with van der Waals surface area (Å²) in [6.45, 7) is 5.92. The third-order valence-corrected chi connectivity index (χ3v) is 2.14. The average Bonchev–Trinajstić information content (AvgIpc) is 2.19. The molecule has 0 radical (unpaired) electrons. The zero-order valence-corrected chi connectivity index (χ0v) is 8.75. The summed E-state index contributed by atoms with van der Waals surface area (Å²) in [5.74, 6) is 0. The summed E-state index contributed by atoms with van der Waals surface area (Å²) in [5, 5.41) is 11.7. The van der Waals surface area contributed by atoms with E-state index in [1.807, 2.05) is 0 Å². The molecule has 0 atom stereocenters. The number of aliphatic hydroxyl groups excluding tert-OH is 1. The van der Waals surface area contributed by atoms with E-state index in [4.69, 9.17) is 9.84 Å². The zero-order chi connectivity index (χ0) is 10.6. The van der Waals surface area contributed by atoms with E-state index in [1.165, 1.54) is 0 Å². The maximum atomic E-state index is 11.6. The van der Waals surface area contributed by atoms with E-state index in [1.54, 1.807) is 18.7 Å². The molecule has 0 bridgehead atoms. The molecule has 5 nitrogen and oxygen atoms in total. The van der Waals surface area contributed by atoms with Crippen molar-refractivity contribution in [3.8, 4) is 0 Å². The normalized spacial score (nSPS) is 18.1. The molecule has 1 fully saturated rings. The minimum Gasteiger partial charge on any atom is -0.394 e. The van der Waals surface area contributed by atoms with Crippen LogP contribution in [0.4, 0.5) is 4.79 Å². The van der Waals surface area contributed by atoms with Gasteiger partial charge in [-0.3, -0.25) is 0 Å². The van der Waals surface area contributed by atoms with Gasteiger partial charge in [0, 0.05) is 13.1 Å². The summed E-state index contributed by atoms with van der Waals surface area (Å²) in [7, 11) is 0. The Morgan fingerprint density at radius 2 is 2.07 bits per heavy atom. The van der Waals surface area contributed by atoms with Gasteiger partial charge in [0.1, 0.15) is 0 Å². The van der Waals surface area contributed by atoms with Gasteiger partial charge >= 0.3 is 6.03 Å². The van der Waals surface area contributed by atoms with Crippen molar-refractivity contribution < 1.29 is 14.6 Å². The van der Waals surface area contributed by atoms with E-state index < -0.39 is 5.54 Å². The van der Waals surface area contributed by atoms with E-state index >= 15 is 0 Å². The Morgan fingerprint density at radius 3 is 2.57 bits per heavy atom. The monoisotopic (exact) mass is 202 g/mol. The summed E-state index contributed by atoms with van der Waals surface area (Å²) in [5.41, 5.74) is -0.560. The van der Waals surface area contributed by atoms with E-state index in [-0.39, 0.29) is 12.6 Å². The molecular formula is C9H18N2O3. The Balaban J connectivity index is 2.40. The van der Waals surface area contributed by atoms with Crippen LogP contribution in [0, 0.1) is 0 Å². The van der Waals surface area contributed by atoms with Crippen LogP contribution in [-0.2, 0) is 4.74 Å². The molecule has 1 aliphatic rings. The molecule has 82 valence electrons. The lowest BCUT2D eigenvalue weighted by atomic mass is 10.1. The van der Waals surface area contributed by atoms with E-state index in [2.05, 4.69) is 5.32 Å². The molecule has 2 N–H and O–H groups in total. The van der Waals surface area contributed by atoms with Crippen molar-refractivity contribution in [2.24, 2.45) is 0 Å². The topological polar surface area (TPSA) is 61.8 Å². The summed E-state index contributed by atoms with van der Waals surface area (Å²) in [6, 6.07) is -0.132. The fourth-order valence-electron chi connectivity index (χ4n) is 1.17. The van der Waals surface area contributed by atoms with Crippen molar-refractivity contribution in [2.45, 2.75) is 19.4 Å².